The second-order valence-electron chi connectivity index (χ2n) is 14.5. The number of alkyl carbamates (subject to hydrolysis) is 1. The van der Waals surface area contributed by atoms with Crippen LogP contribution in [0.5, 0.6) is 11.8 Å². The van der Waals surface area contributed by atoms with Gasteiger partial charge >= 0.3 is 6.09 Å². The van der Waals surface area contributed by atoms with Crippen LogP contribution in [0, 0.1) is 18.8 Å². The van der Waals surface area contributed by atoms with E-state index >= 15 is 0 Å². The van der Waals surface area contributed by atoms with Gasteiger partial charge in [0.05, 0.1) is 50.4 Å². The maximum Gasteiger partial charge on any atom is 0.407 e. The first kappa shape index (κ1) is 30.0. The number of rotatable bonds is 9. The summed E-state index contributed by atoms with van der Waals surface area (Å²) in [7, 11) is 1.61. The summed E-state index contributed by atoms with van der Waals surface area (Å²) in [4.78, 5) is 38.3. The Morgan fingerprint density at radius 3 is 2.57 bits per heavy atom. The number of carbonyl (C=O) groups excluding carboxylic acids is 2. The number of imidazole rings is 1. The van der Waals surface area contributed by atoms with Crippen molar-refractivity contribution in [3.05, 3.63) is 41.6 Å². The zero-order valence-electron chi connectivity index (χ0n) is 27.6. The number of hydrogen-bond acceptors (Lipinski definition) is 8. The van der Waals surface area contributed by atoms with Crippen LogP contribution in [0.2, 0.25) is 0 Å². The highest BCUT2D eigenvalue weighted by atomic mass is 16.6. The number of aryl methyl sites for hydroxylation is 1. The lowest BCUT2D eigenvalue weighted by atomic mass is 10.0. The fourth-order valence-corrected chi connectivity index (χ4v) is 7.24. The highest BCUT2D eigenvalue weighted by Crippen LogP contribution is 2.43. The van der Waals surface area contributed by atoms with Gasteiger partial charge in [0, 0.05) is 41.6 Å². The molecule has 7 heterocycles. The quantitative estimate of drug-likeness (QED) is 0.271. The average molecular weight is 643 g/mol. The molecule has 0 radical (unpaired) electrons. The van der Waals surface area contributed by atoms with Crippen molar-refractivity contribution in [2.75, 3.05) is 26.9 Å². The zero-order valence-corrected chi connectivity index (χ0v) is 27.6. The fraction of sp³-hybridized carbons (Fsp3) is 0.543. The molecular weight excluding hydrogens is 600 g/mol. The lowest BCUT2D eigenvalue weighted by Crippen LogP contribution is -2.56. The van der Waals surface area contributed by atoms with Crippen LogP contribution in [0.15, 0.2) is 30.3 Å². The van der Waals surface area contributed by atoms with Crippen molar-refractivity contribution in [1.82, 2.24) is 29.2 Å². The minimum Gasteiger partial charge on any atom is -0.482 e. The highest BCUT2D eigenvalue weighted by molar-refractivity contribution is 5.97. The van der Waals surface area contributed by atoms with E-state index in [2.05, 4.69) is 22.0 Å². The van der Waals surface area contributed by atoms with E-state index in [1.54, 1.807) is 13.2 Å². The molecule has 2 bridgehead atoms. The molecular formula is C35H42N6O6. The number of hydrogen-bond donors (Lipinski definition) is 1. The van der Waals surface area contributed by atoms with Crippen LogP contribution in [0.3, 0.4) is 0 Å². The van der Waals surface area contributed by atoms with E-state index in [4.69, 9.17) is 28.9 Å². The number of fused-ring (bicyclic) bond motifs is 3. The molecule has 9 rings (SSSR count). The standard InChI is InChI=1S/C35H42N6O6/c1-19-31(27-10-22-8-9-29(46-18-21-16-45-17-21)38-32(22)39(27)15-20-6-7-20)37-28-11-23(12-30(44-5)40(19)28)33(42)41-24-13-25(26(41)14-24)36-34(43)47-35(2,3)4/h8-12,20-21,24-26H,6-7,13-18H2,1-5H3,(H,36,43)/t24-,25-,26-/m1/s1. The van der Waals surface area contributed by atoms with Gasteiger partial charge in [-0.1, -0.05) is 0 Å². The second-order valence-corrected chi connectivity index (χ2v) is 14.5. The van der Waals surface area contributed by atoms with Crippen LogP contribution in [-0.2, 0) is 16.0 Å². The molecule has 4 aromatic heterocycles. The first-order valence-corrected chi connectivity index (χ1v) is 16.7. The number of ether oxygens (including phenoxy) is 4. The van der Waals surface area contributed by atoms with E-state index < -0.39 is 11.7 Å². The van der Waals surface area contributed by atoms with Gasteiger partial charge in [0.1, 0.15) is 22.6 Å². The molecule has 5 aliphatic rings. The van der Waals surface area contributed by atoms with E-state index in [0.29, 0.717) is 47.8 Å². The molecule has 2 amide bonds. The van der Waals surface area contributed by atoms with Gasteiger partial charge in [-0.15, -0.1) is 0 Å². The van der Waals surface area contributed by atoms with Crippen LogP contribution in [0.25, 0.3) is 28.1 Å². The molecule has 5 fully saturated rings. The minimum absolute atomic E-state index is 0.0687. The van der Waals surface area contributed by atoms with E-state index in [1.165, 1.54) is 12.8 Å². The van der Waals surface area contributed by atoms with E-state index in [1.807, 2.05) is 49.1 Å². The first-order valence-electron chi connectivity index (χ1n) is 16.7. The highest BCUT2D eigenvalue weighted by Gasteiger charge is 2.54. The largest absolute Gasteiger partial charge is 0.482 e. The Labute approximate surface area is 273 Å². The van der Waals surface area contributed by atoms with E-state index in [9.17, 15) is 9.59 Å². The SMILES string of the molecule is COc1cc(C(=O)N2[C@H]3C[C@@H]2[C@H](NC(=O)OC(C)(C)C)C3)cc2nc(-c3cc4ccc(OCC5COC5)nc4n3CC3CC3)c(C)n12. The maximum absolute atomic E-state index is 13.9. The summed E-state index contributed by atoms with van der Waals surface area (Å²) in [5.41, 5.74) is 4.18. The Hall–Kier alpha value is -4.32. The van der Waals surface area contributed by atoms with Gasteiger partial charge in [0.25, 0.3) is 5.91 Å². The molecule has 2 aliphatic carbocycles. The average Bonchev–Trinajstić information content (AvgIpc) is 3.28. The van der Waals surface area contributed by atoms with E-state index in [-0.39, 0.29) is 24.0 Å². The second kappa shape index (κ2) is 11.1. The Morgan fingerprint density at radius 2 is 1.87 bits per heavy atom. The summed E-state index contributed by atoms with van der Waals surface area (Å²) in [6.07, 6.45) is 3.52. The van der Waals surface area contributed by atoms with Crippen LogP contribution < -0.4 is 14.8 Å². The molecule has 0 aromatic carbocycles. The number of pyridine rings is 2. The summed E-state index contributed by atoms with van der Waals surface area (Å²) in [5.74, 6) is 2.10. The summed E-state index contributed by atoms with van der Waals surface area (Å²) in [6.45, 7) is 10.5. The minimum atomic E-state index is -0.584. The lowest BCUT2D eigenvalue weighted by Gasteiger charge is -2.41. The van der Waals surface area contributed by atoms with Crippen molar-refractivity contribution in [1.29, 1.82) is 0 Å². The molecule has 3 aliphatic heterocycles. The summed E-state index contributed by atoms with van der Waals surface area (Å²) in [5, 5.41) is 4.01. The lowest BCUT2D eigenvalue weighted by molar-refractivity contribution is -0.0513. The Kier molecular flexibility index (Phi) is 7.12. The molecule has 0 unspecified atom stereocenters. The Balaban J connectivity index is 1.10. The maximum atomic E-state index is 13.9. The molecule has 12 nitrogen and oxygen atoms in total. The van der Waals surface area contributed by atoms with Crippen LogP contribution in [0.4, 0.5) is 4.79 Å². The number of aromatic nitrogens is 4. The zero-order chi connectivity index (χ0) is 32.6. The van der Waals surface area contributed by atoms with Gasteiger partial charge < -0.3 is 33.7 Å². The third-order valence-corrected chi connectivity index (χ3v) is 9.84. The van der Waals surface area contributed by atoms with Gasteiger partial charge in [-0.2, -0.15) is 4.98 Å². The molecule has 0 spiro atoms. The summed E-state index contributed by atoms with van der Waals surface area (Å²) >= 11 is 0. The first-order chi connectivity index (χ1) is 22.6. The Morgan fingerprint density at radius 1 is 1.06 bits per heavy atom. The number of nitrogens with one attached hydrogen (secondary N) is 1. The van der Waals surface area contributed by atoms with Crippen molar-refractivity contribution < 1.29 is 28.5 Å². The normalized spacial score (nSPS) is 22.3. The van der Waals surface area contributed by atoms with Gasteiger partial charge in [-0.05, 0) is 77.5 Å². The molecule has 1 N–H and O–H groups in total. The third kappa shape index (κ3) is 5.46. The van der Waals surface area contributed by atoms with Crippen molar-refractivity contribution in [2.24, 2.45) is 11.8 Å². The van der Waals surface area contributed by atoms with Crippen molar-refractivity contribution >= 4 is 28.7 Å². The van der Waals surface area contributed by atoms with E-state index in [0.717, 1.165) is 54.3 Å². The van der Waals surface area contributed by atoms with Crippen molar-refractivity contribution in [3.63, 3.8) is 0 Å². The monoisotopic (exact) mass is 642 g/mol. The van der Waals surface area contributed by atoms with Crippen LogP contribution >= 0.6 is 0 Å². The summed E-state index contributed by atoms with van der Waals surface area (Å²) < 4.78 is 26.9. The van der Waals surface area contributed by atoms with Crippen LogP contribution in [0.1, 0.15) is 62.5 Å². The predicted octanol–water partition coefficient (Wildman–Crippen LogP) is 4.98. The topological polar surface area (TPSA) is 121 Å². The van der Waals surface area contributed by atoms with Crippen molar-refractivity contribution in [2.45, 2.75) is 83.6 Å². The molecule has 3 saturated heterocycles. The van der Waals surface area contributed by atoms with Gasteiger partial charge in [-0.3, -0.25) is 9.20 Å². The van der Waals surface area contributed by atoms with Gasteiger partial charge in [0.15, 0.2) is 5.88 Å². The molecule has 2 saturated carbocycles. The third-order valence-electron chi connectivity index (χ3n) is 9.84. The molecule has 4 aromatic rings. The fourth-order valence-electron chi connectivity index (χ4n) is 7.24. The number of carbonyl (C=O) groups is 2. The molecule has 248 valence electrons. The van der Waals surface area contributed by atoms with Gasteiger partial charge in [-0.25, -0.2) is 9.78 Å². The predicted molar refractivity (Wildman–Crippen MR) is 174 cm³/mol. The number of amides is 2. The Bertz CT molecular complexity index is 1880. The van der Waals surface area contributed by atoms with Crippen molar-refractivity contribution in [3.8, 4) is 23.1 Å². The number of methoxy groups -OCH3 is 1. The molecule has 47 heavy (non-hydrogen) atoms. The summed E-state index contributed by atoms with van der Waals surface area (Å²) in [6, 6.07) is 9.66. The number of nitrogens with zero attached hydrogens (tertiary/aromatic N) is 5. The van der Waals surface area contributed by atoms with Gasteiger partial charge in [0.2, 0.25) is 5.88 Å². The molecule has 3 atom stereocenters. The van der Waals surface area contributed by atoms with Crippen LogP contribution in [-0.4, -0.2) is 86.5 Å². The molecule has 12 heteroatoms. The smallest absolute Gasteiger partial charge is 0.407 e.